The molecule has 1 saturated carbocycles. The van der Waals surface area contributed by atoms with Gasteiger partial charge in [0.15, 0.2) is 0 Å². The number of aromatic amines is 1. The van der Waals surface area contributed by atoms with Gasteiger partial charge in [0.2, 0.25) is 0 Å². The van der Waals surface area contributed by atoms with Gasteiger partial charge in [0, 0.05) is 28.6 Å². The van der Waals surface area contributed by atoms with E-state index in [-0.39, 0.29) is 17.3 Å². The molecule has 3 heteroatoms. The van der Waals surface area contributed by atoms with Crippen LogP contribution in [0.3, 0.4) is 0 Å². The van der Waals surface area contributed by atoms with Gasteiger partial charge in [-0.05, 0) is 37.5 Å². The second-order valence-corrected chi connectivity index (χ2v) is 4.81. The Bertz CT molecular complexity index is 538. The normalized spacial score (nSPS) is 19.9. The Morgan fingerprint density at radius 2 is 2.19 bits per heavy atom. The summed E-state index contributed by atoms with van der Waals surface area (Å²) in [6, 6.07) is 5.21. The van der Waals surface area contributed by atoms with Crippen LogP contribution >= 0.6 is 0 Å². The smallest absolute Gasteiger partial charge is 0.132 e. The zero-order chi connectivity index (χ0) is 11.3. The highest BCUT2D eigenvalue weighted by molar-refractivity contribution is 5.85. The molecule has 1 aliphatic carbocycles. The fourth-order valence-corrected chi connectivity index (χ4v) is 2.64. The molecule has 16 heavy (non-hydrogen) atoms. The number of hydrogen-bond acceptors (Lipinski definition) is 1. The maximum Gasteiger partial charge on any atom is 0.132 e. The van der Waals surface area contributed by atoms with Crippen molar-refractivity contribution >= 4 is 10.9 Å². The molecule has 0 radical (unpaired) electrons. The lowest BCUT2D eigenvalue weighted by atomic mass is 9.89. The Morgan fingerprint density at radius 1 is 1.44 bits per heavy atom. The molecular weight excluding hydrogens is 203 g/mol. The van der Waals surface area contributed by atoms with Gasteiger partial charge >= 0.3 is 0 Å². The molecule has 0 spiro atoms. The van der Waals surface area contributed by atoms with Gasteiger partial charge in [-0.1, -0.05) is 6.07 Å². The number of rotatable bonds is 2. The van der Waals surface area contributed by atoms with E-state index in [0.717, 1.165) is 29.3 Å². The van der Waals surface area contributed by atoms with Crippen LogP contribution in [0.1, 0.15) is 25.3 Å². The van der Waals surface area contributed by atoms with E-state index in [4.69, 9.17) is 5.73 Å². The standard InChI is InChI=1S/C13H15FN2/c1-8(15)13(5-6-13)9-7-16-11-4-2-3-10(14)12(9)11/h2-4,7-8,16H,5-6,15H2,1H3. The summed E-state index contributed by atoms with van der Waals surface area (Å²) in [4.78, 5) is 3.13. The van der Waals surface area contributed by atoms with Gasteiger partial charge in [-0.3, -0.25) is 0 Å². The predicted octanol–water partition coefficient (Wildman–Crippen LogP) is 2.69. The van der Waals surface area contributed by atoms with Crippen LogP contribution < -0.4 is 5.73 Å². The van der Waals surface area contributed by atoms with Gasteiger partial charge in [-0.25, -0.2) is 4.39 Å². The fourth-order valence-electron chi connectivity index (χ4n) is 2.64. The van der Waals surface area contributed by atoms with Crippen molar-refractivity contribution in [2.24, 2.45) is 5.73 Å². The molecular formula is C13H15FN2. The molecule has 1 unspecified atom stereocenters. The lowest BCUT2D eigenvalue weighted by Crippen LogP contribution is -2.31. The molecule has 0 bridgehead atoms. The van der Waals surface area contributed by atoms with Crippen LogP contribution in [-0.2, 0) is 5.41 Å². The third kappa shape index (κ3) is 1.15. The van der Waals surface area contributed by atoms with Crippen molar-refractivity contribution in [2.45, 2.75) is 31.2 Å². The van der Waals surface area contributed by atoms with Crippen molar-refractivity contribution in [1.29, 1.82) is 0 Å². The molecule has 2 nitrogen and oxygen atoms in total. The van der Waals surface area contributed by atoms with E-state index in [1.54, 1.807) is 6.07 Å². The highest BCUT2D eigenvalue weighted by atomic mass is 19.1. The summed E-state index contributed by atoms with van der Waals surface area (Å²) in [5.74, 6) is -0.152. The largest absolute Gasteiger partial charge is 0.361 e. The van der Waals surface area contributed by atoms with Crippen LogP contribution in [0.2, 0.25) is 0 Å². The SMILES string of the molecule is CC(N)C1(c2c[nH]c3cccc(F)c23)CC1. The van der Waals surface area contributed by atoms with Crippen LogP contribution in [0.25, 0.3) is 10.9 Å². The third-order valence-electron chi connectivity index (χ3n) is 3.85. The first kappa shape index (κ1) is 9.85. The van der Waals surface area contributed by atoms with Crippen molar-refractivity contribution in [1.82, 2.24) is 4.98 Å². The number of aromatic nitrogens is 1. The van der Waals surface area contributed by atoms with E-state index in [1.807, 2.05) is 19.2 Å². The maximum atomic E-state index is 13.8. The summed E-state index contributed by atoms with van der Waals surface area (Å²) in [5.41, 5.74) is 7.94. The molecule has 1 atom stereocenters. The van der Waals surface area contributed by atoms with E-state index in [2.05, 4.69) is 4.98 Å². The lowest BCUT2D eigenvalue weighted by Gasteiger charge is -2.19. The van der Waals surface area contributed by atoms with Gasteiger partial charge in [0.25, 0.3) is 0 Å². The summed E-state index contributed by atoms with van der Waals surface area (Å²) >= 11 is 0. The predicted molar refractivity (Wildman–Crippen MR) is 62.8 cm³/mol. The zero-order valence-corrected chi connectivity index (χ0v) is 9.26. The Kier molecular flexibility index (Phi) is 1.89. The summed E-state index contributed by atoms with van der Waals surface area (Å²) in [6.45, 7) is 2.01. The van der Waals surface area contributed by atoms with Gasteiger partial charge in [-0.2, -0.15) is 0 Å². The second kappa shape index (κ2) is 3.08. The molecule has 0 amide bonds. The van der Waals surface area contributed by atoms with Crippen LogP contribution in [0.4, 0.5) is 4.39 Å². The summed E-state index contributed by atoms with van der Waals surface area (Å²) in [5, 5.41) is 0.720. The monoisotopic (exact) mass is 218 g/mol. The minimum Gasteiger partial charge on any atom is -0.361 e. The zero-order valence-electron chi connectivity index (χ0n) is 9.26. The molecule has 1 aromatic carbocycles. The van der Waals surface area contributed by atoms with E-state index in [9.17, 15) is 4.39 Å². The number of fused-ring (bicyclic) bond motifs is 1. The number of benzene rings is 1. The van der Waals surface area contributed by atoms with Crippen molar-refractivity contribution in [3.05, 3.63) is 35.8 Å². The van der Waals surface area contributed by atoms with Crippen molar-refractivity contribution in [3.8, 4) is 0 Å². The first-order valence-corrected chi connectivity index (χ1v) is 5.67. The van der Waals surface area contributed by atoms with Crippen LogP contribution in [-0.4, -0.2) is 11.0 Å². The molecule has 0 saturated heterocycles. The molecule has 1 aromatic heterocycles. The highest BCUT2D eigenvalue weighted by Crippen LogP contribution is 2.52. The first-order valence-electron chi connectivity index (χ1n) is 5.67. The Balaban J connectivity index is 2.25. The molecule has 0 aliphatic heterocycles. The second-order valence-electron chi connectivity index (χ2n) is 4.81. The minimum absolute atomic E-state index is 0.000440. The van der Waals surface area contributed by atoms with Gasteiger partial charge in [0.1, 0.15) is 5.82 Å². The van der Waals surface area contributed by atoms with Crippen molar-refractivity contribution in [2.75, 3.05) is 0 Å². The third-order valence-corrected chi connectivity index (χ3v) is 3.85. The minimum atomic E-state index is -0.152. The topological polar surface area (TPSA) is 41.8 Å². The molecule has 1 aliphatic rings. The Morgan fingerprint density at radius 3 is 2.81 bits per heavy atom. The lowest BCUT2D eigenvalue weighted by molar-refractivity contribution is 0.557. The van der Waals surface area contributed by atoms with Gasteiger partial charge < -0.3 is 10.7 Å². The fraction of sp³-hybridized carbons (Fsp3) is 0.385. The number of H-pyrrole nitrogens is 1. The molecule has 1 heterocycles. The number of nitrogens with two attached hydrogens (primary N) is 1. The Hall–Kier alpha value is -1.35. The highest BCUT2D eigenvalue weighted by Gasteiger charge is 2.49. The molecule has 1 fully saturated rings. The summed E-state index contributed by atoms with van der Waals surface area (Å²) < 4.78 is 13.8. The van der Waals surface area contributed by atoms with Gasteiger partial charge in [-0.15, -0.1) is 0 Å². The molecule has 84 valence electrons. The molecule has 2 aromatic rings. The van der Waals surface area contributed by atoms with Crippen LogP contribution in [0.5, 0.6) is 0 Å². The summed E-state index contributed by atoms with van der Waals surface area (Å²) in [6.07, 6.45) is 4.04. The van der Waals surface area contributed by atoms with E-state index in [0.29, 0.717) is 0 Å². The van der Waals surface area contributed by atoms with E-state index in [1.165, 1.54) is 6.07 Å². The van der Waals surface area contributed by atoms with E-state index < -0.39 is 0 Å². The number of nitrogens with one attached hydrogen (secondary N) is 1. The maximum absolute atomic E-state index is 13.8. The Labute approximate surface area is 93.6 Å². The average molecular weight is 218 g/mol. The first-order chi connectivity index (χ1) is 7.65. The van der Waals surface area contributed by atoms with Crippen molar-refractivity contribution in [3.63, 3.8) is 0 Å². The number of halogens is 1. The molecule has 3 N–H and O–H groups in total. The average Bonchev–Trinajstić information content (AvgIpc) is 2.94. The van der Waals surface area contributed by atoms with E-state index >= 15 is 0 Å². The van der Waals surface area contributed by atoms with Crippen LogP contribution in [0, 0.1) is 5.82 Å². The summed E-state index contributed by atoms with van der Waals surface area (Å²) in [7, 11) is 0. The number of hydrogen-bond donors (Lipinski definition) is 2. The van der Waals surface area contributed by atoms with Crippen LogP contribution in [0.15, 0.2) is 24.4 Å². The van der Waals surface area contributed by atoms with Gasteiger partial charge in [0.05, 0.1) is 0 Å². The molecule has 3 rings (SSSR count). The quantitative estimate of drug-likeness (QED) is 0.799. The van der Waals surface area contributed by atoms with Crippen molar-refractivity contribution < 1.29 is 4.39 Å².